The number of fused-ring (bicyclic) bond motifs is 1. The molecular weight excluding hydrogens is 248 g/mol. The average Bonchev–Trinajstić information content (AvgIpc) is 2.79. The highest BCUT2D eigenvalue weighted by Gasteiger charge is 2.27. The number of piperazine rings is 1. The second-order valence-electron chi connectivity index (χ2n) is 4.59. The van der Waals surface area contributed by atoms with Gasteiger partial charge in [0.2, 0.25) is 5.95 Å². The van der Waals surface area contributed by atoms with Crippen LogP contribution in [0.15, 0.2) is 5.51 Å². The number of nitrogens with zero attached hydrogens (tertiary/aromatic N) is 4. The molecule has 1 aliphatic heterocycles. The van der Waals surface area contributed by atoms with Crippen LogP contribution in [0.2, 0.25) is 0 Å². The van der Waals surface area contributed by atoms with E-state index in [-0.39, 0.29) is 0 Å². The highest BCUT2D eigenvalue weighted by atomic mass is 32.1. The second kappa shape index (κ2) is 4.33. The van der Waals surface area contributed by atoms with Crippen LogP contribution in [0.25, 0.3) is 10.3 Å². The first kappa shape index (κ1) is 11.6. The van der Waals surface area contributed by atoms with Gasteiger partial charge in [-0.25, -0.2) is 9.97 Å². The summed E-state index contributed by atoms with van der Waals surface area (Å²) >= 11 is 1.50. The van der Waals surface area contributed by atoms with Crippen LogP contribution in [0.3, 0.4) is 0 Å². The SMILES string of the molecule is CC1NCCN(c2nc(N)nc3scnc23)C1C. The molecule has 3 heterocycles. The third-order valence-corrected chi connectivity index (χ3v) is 4.22. The molecule has 1 aliphatic rings. The van der Waals surface area contributed by atoms with E-state index in [1.807, 2.05) is 0 Å². The predicted octanol–water partition coefficient (Wildman–Crippen LogP) is 0.855. The molecule has 0 spiro atoms. The number of hydrogen-bond acceptors (Lipinski definition) is 7. The van der Waals surface area contributed by atoms with Crippen molar-refractivity contribution in [1.82, 2.24) is 20.3 Å². The molecule has 2 unspecified atom stereocenters. The van der Waals surface area contributed by atoms with E-state index in [2.05, 4.69) is 39.0 Å². The topological polar surface area (TPSA) is 80.0 Å². The van der Waals surface area contributed by atoms with Gasteiger partial charge < -0.3 is 16.0 Å². The maximum Gasteiger partial charge on any atom is 0.223 e. The first-order valence-corrected chi connectivity index (χ1v) is 6.91. The monoisotopic (exact) mass is 264 g/mol. The number of thiazole rings is 1. The Morgan fingerprint density at radius 3 is 3.11 bits per heavy atom. The van der Waals surface area contributed by atoms with Crippen molar-refractivity contribution in [3.05, 3.63) is 5.51 Å². The summed E-state index contributed by atoms with van der Waals surface area (Å²) < 4.78 is 0. The zero-order chi connectivity index (χ0) is 12.7. The number of nitrogens with one attached hydrogen (secondary N) is 1. The molecule has 0 saturated carbocycles. The third-order valence-electron chi connectivity index (χ3n) is 3.50. The normalized spacial score (nSPS) is 24.7. The molecule has 0 aromatic carbocycles. The Balaban J connectivity index is 2.10. The fraction of sp³-hybridized carbons (Fsp3) is 0.545. The van der Waals surface area contributed by atoms with Gasteiger partial charge in [0.25, 0.3) is 0 Å². The maximum atomic E-state index is 5.79. The van der Waals surface area contributed by atoms with Crippen LogP contribution in [0, 0.1) is 0 Å². The van der Waals surface area contributed by atoms with E-state index in [0.29, 0.717) is 18.0 Å². The van der Waals surface area contributed by atoms with Gasteiger partial charge in [0.15, 0.2) is 10.6 Å². The van der Waals surface area contributed by atoms with Crippen LogP contribution >= 0.6 is 11.3 Å². The Kier molecular flexibility index (Phi) is 2.79. The summed E-state index contributed by atoms with van der Waals surface area (Å²) in [6.45, 7) is 6.22. The lowest BCUT2D eigenvalue weighted by Crippen LogP contribution is -2.55. The molecule has 1 fully saturated rings. The zero-order valence-corrected chi connectivity index (χ0v) is 11.2. The zero-order valence-electron chi connectivity index (χ0n) is 10.4. The average molecular weight is 264 g/mol. The van der Waals surface area contributed by atoms with Gasteiger partial charge in [-0.2, -0.15) is 4.98 Å². The lowest BCUT2D eigenvalue weighted by molar-refractivity contribution is 0.402. The van der Waals surface area contributed by atoms with Crippen molar-refractivity contribution in [3.8, 4) is 0 Å². The molecule has 3 N–H and O–H groups in total. The van der Waals surface area contributed by atoms with Crippen LogP contribution in [-0.4, -0.2) is 40.1 Å². The number of nitrogens with two attached hydrogens (primary N) is 1. The number of aromatic nitrogens is 3. The Morgan fingerprint density at radius 2 is 2.28 bits per heavy atom. The molecule has 0 bridgehead atoms. The number of anilines is 2. The van der Waals surface area contributed by atoms with E-state index in [1.165, 1.54) is 11.3 Å². The van der Waals surface area contributed by atoms with Crippen LogP contribution in [0.1, 0.15) is 13.8 Å². The van der Waals surface area contributed by atoms with Gasteiger partial charge in [-0.1, -0.05) is 0 Å². The van der Waals surface area contributed by atoms with E-state index >= 15 is 0 Å². The fourth-order valence-corrected chi connectivity index (χ4v) is 2.98. The smallest absolute Gasteiger partial charge is 0.223 e. The Hall–Kier alpha value is -1.47. The van der Waals surface area contributed by atoms with Crippen molar-refractivity contribution in [2.24, 2.45) is 0 Å². The van der Waals surface area contributed by atoms with Crippen molar-refractivity contribution in [1.29, 1.82) is 0 Å². The number of nitrogen functional groups attached to an aromatic ring is 1. The minimum absolute atomic E-state index is 0.320. The maximum absolute atomic E-state index is 5.79. The van der Waals surface area contributed by atoms with Gasteiger partial charge >= 0.3 is 0 Å². The van der Waals surface area contributed by atoms with Crippen molar-refractivity contribution < 1.29 is 0 Å². The third kappa shape index (κ3) is 1.79. The van der Waals surface area contributed by atoms with Crippen LogP contribution in [-0.2, 0) is 0 Å². The van der Waals surface area contributed by atoms with Crippen molar-refractivity contribution in [2.75, 3.05) is 23.7 Å². The van der Waals surface area contributed by atoms with Crippen molar-refractivity contribution in [2.45, 2.75) is 25.9 Å². The molecule has 96 valence electrons. The standard InChI is InChI=1S/C11H16N6S/c1-6-7(2)17(4-3-13-6)9-8-10(18-5-14-8)16-11(12)15-9/h5-7,13H,3-4H2,1-2H3,(H2,12,15,16). The van der Waals surface area contributed by atoms with E-state index in [9.17, 15) is 0 Å². The molecule has 7 heteroatoms. The van der Waals surface area contributed by atoms with E-state index in [4.69, 9.17) is 5.73 Å². The molecule has 0 radical (unpaired) electrons. The molecule has 3 rings (SSSR count). The Morgan fingerprint density at radius 1 is 1.44 bits per heavy atom. The Labute approximate surface area is 109 Å². The van der Waals surface area contributed by atoms with Gasteiger partial charge in [0, 0.05) is 25.2 Å². The van der Waals surface area contributed by atoms with Crippen LogP contribution in [0.5, 0.6) is 0 Å². The summed E-state index contributed by atoms with van der Waals surface area (Å²) in [6, 6.07) is 0.779. The summed E-state index contributed by atoms with van der Waals surface area (Å²) in [6.07, 6.45) is 0. The molecule has 2 atom stereocenters. The van der Waals surface area contributed by atoms with Gasteiger partial charge in [-0.3, -0.25) is 0 Å². The quantitative estimate of drug-likeness (QED) is 0.795. The first-order valence-electron chi connectivity index (χ1n) is 6.03. The van der Waals surface area contributed by atoms with Gasteiger partial charge in [0.05, 0.1) is 5.51 Å². The molecule has 2 aromatic heterocycles. The van der Waals surface area contributed by atoms with Gasteiger partial charge in [0.1, 0.15) is 5.52 Å². The number of rotatable bonds is 1. The molecule has 18 heavy (non-hydrogen) atoms. The van der Waals surface area contributed by atoms with Gasteiger partial charge in [-0.15, -0.1) is 11.3 Å². The highest BCUT2D eigenvalue weighted by Crippen LogP contribution is 2.28. The number of hydrogen-bond donors (Lipinski definition) is 2. The molecule has 0 amide bonds. The fourth-order valence-electron chi connectivity index (χ4n) is 2.32. The summed E-state index contributed by atoms with van der Waals surface area (Å²) in [7, 11) is 0. The summed E-state index contributed by atoms with van der Waals surface area (Å²) in [5.74, 6) is 1.18. The van der Waals surface area contributed by atoms with E-state index < -0.39 is 0 Å². The van der Waals surface area contributed by atoms with Crippen molar-refractivity contribution >= 4 is 33.5 Å². The predicted molar refractivity (Wildman–Crippen MR) is 73.9 cm³/mol. The van der Waals surface area contributed by atoms with E-state index in [0.717, 1.165) is 29.3 Å². The van der Waals surface area contributed by atoms with Crippen LogP contribution in [0.4, 0.5) is 11.8 Å². The van der Waals surface area contributed by atoms with Crippen LogP contribution < -0.4 is 16.0 Å². The van der Waals surface area contributed by atoms with E-state index in [1.54, 1.807) is 5.51 Å². The minimum Gasteiger partial charge on any atom is -0.368 e. The highest BCUT2D eigenvalue weighted by molar-refractivity contribution is 7.16. The molecular formula is C11H16N6S. The lowest BCUT2D eigenvalue weighted by atomic mass is 10.1. The summed E-state index contributed by atoms with van der Waals surface area (Å²) in [4.78, 5) is 16.1. The Bertz CT molecular complexity index is 568. The first-order chi connectivity index (χ1) is 8.66. The molecule has 2 aromatic rings. The van der Waals surface area contributed by atoms with Crippen molar-refractivity contribution in [3.63, 3.8) is 0 Å². The summed E-state index contributed by atoms with van der Waals surface area (Å²) in [5, 5.41) is 3.45. The largest absolute Gasteiger partial charge is 0.368 e. The van der Waals surface area contributed by atoms with Gasteiger partial charge in [-0.05, 0) is 13.8 Å². The second-order valence-corrected chi connectivity index (χ2v) is 5.42. The minimum atomic E-state index is 0.320. The molecule has 6 nitrogen and oxygen atoms in total. The lowest BCUT2D eigenvalue weighted by Gasteiger charge is -2.39. The molecule has 0 aliphatic carbocycles. The summed E-state index contributed by atoms with van der Waals surface area (Å²) in [5.41, 5.74) is 8.43. The molecule has 1 saturated heterocycles.